The average Bonchev–Trinajstić information content (AvgIpc) is 3.14. The lowest BCUT2D eigenvalue weighted by atomic mass is 10.1. The Bertz CT molecular complexity index is 1060. The predicted molar refractivity (Wildman–Crippen MR) is 127 cm³/mol. The third-order valence-corrected chi connectivity index (χ3v) is 7.22. The summed E-state index contributed by atoms with van der Waals surface area (Å²) in [6.45, 7) is 4.65. The number of rotatable bonds is 11. The maximum absolute atomic E-state index is 13.3. The molecule has 0 bridgehead atoms. The SMILES string of the molecule is CCOP(=O)(C[C@H]1O[C@@H](OC(C)=O)C(OC(=O)c2ccccc2)[C@H]1OC(=O)c1ccccc1)OCC. The molecule has 36 heavy (non-hydrogen) atoms. The molecular formula is C25H29O10P. The van der Waals surface area contributed by atoms with Gasteiger partial charge in [-0.05, 0) is 38.1 Å². The third-order valence-electron chi connectivity index (χ3n) is 5.11. The van der Waals surface area contributed by atoms with Gasteiger partial charge in [-0.15, -0.1) is 0 Å². The van der Waals surface area contributed by atoms with Crippen LogP contribution in [-0.4, -0.2) is 61.9 Å². The largest absolute Gasteiger partial charge is 0.452 e. The molecule has 0 saturated carbocycles. The maximum atomic E-state index is 13.3. The first-order valence-corrected chi connectivity index (χ1v) is 13.2. The van der Waals surface area contributed by atoms with Crippen LogP contribution in [0.1, 0.15) is 41.5 Å². The van der Waals surface area contributed by atoms with Gasteiger partial charge in [0.05, 0.1) is 30.5 Å². The third kappa shape index (κ3) is 7.24. The molecule has 1 unspecified atom stereocenters. The van der Waals surface area contributed by atoms with E-state index in [-0.39, 0.29) is 30.5 Å². The molecule has 2 aromatic rings. The molecule has 1 fully saturated rings. The fourth-order valence-electron chi connectivity index (χ4n) is 3.65. The summed E-state index contributed by atoms with van der Waals surface area (Å²) in [6.07, 6.45) is -5.54. The Morgan fingerprint density at radius 2 is 1.25 bits per heavy atom. The fourth-order valence-corrected chi connectivity index (χ4v) is 5.46. The molecule has 0 aromatic heterocycles. The van der Waals surface area contributed by atoms with E-state index in [9.17, 15) is 18.9 Å². The summed E-state index contributed by atoms with van der Waals surface area (Å²) in [5, 5.41) is 0. The van der Waals surface area contributed by atoms with E-state index in [0.717, 1.165) is 6.92 Å². The van der Waals surface area contributed by atoms with Crippen LogP contribution in [0.25, 0.3) is 0 Å². The zero-order valence-electron chi connectivity index (χ0n) is 20.2. The molecular weight excluding hydrogens is 491 g/mol. The molecule has 0 radical (unpaired) electrons. The van der Waals surface area contributed by atoms with Gasteiger partial charge in [0.2, 0.25) is 12.4 Å². The smallest absolute Gasteiger partial charge is 0.338 e. The quantitative estimate of drug-likeness (QED) is 0.244. The Balaban J connectivity index is 1.95. The van der Waals surface area contributed by atoms with Gasteiger partial charge in [0.15, 0.2) is 6.10 Å². The van der Waals surface area contributed by atoms with Crippen molar-refractivity contribution in [1.82, 2.24) is 0 Å². The number of benzene rings is 2. The molecule has 1 aliphatic heterocycles. The highest BCUT2D eigenvalue weighted by atomic mass is 31.2. The average molecular weight is 520 g/mol. The van der Waals surface area contributed by atoms with Crippen LogP contribution in [0, 0.1) is 0 Å². The molecule has 0 N–H and O–H groups in total. The van der Waals surface area contributed by atoms with Crippen LogP contribution < -0.4 is 0 Å². The van der Waals surface area contributed by atoms with Crippen LogP contribution in [0.2, 0.25) is 0 Å². The highest BCUT2D eigenvalue weighted by Gasteiger charge is 2.54. The number of hydrogen-bond acceptors (Lipinski definition) is 10. The zero-order chi connectivity index (χ0) is 26.1. The highest BCUT2D eigenvalue weighted by Crippen LogP contribution is 2.51. The van der Waals surface area contributed by atoms with Crippen LogP contribution in [0.15, 0.2) is 60.7 Å². The van der Waals surface area contributed by atoms with E-state index in [4.69, 9.17) is 28.0 Å². The van der Waals surface area contributed by atoms with Crippen molar-refractivity contribution in [1.29, 1.82) is 0 Å². The minimum absolute atomic E-state index is 0.0955. The van der Waals surface area contributed by atoms with E-state index in [0.29, 0.717) is 0 Å². The summed E-state index contributed by atoms with van der Waals surface area (Å²) in [7, 11) is -3.70. The van der Waals surface area contributed by atoms with E-state index in [2.05, 4.69) is 0 Å². The number of ether oxygens (including phenoxy) is 4. The Morgan fingerprint density at radius 3 is 1.69 bits per heavy atom. The lowest BCUT2D eigenvalue weighted by molar-refractivity contribution is -0.185. The van der Waals surface area contributed by atoms with Crippen molar-refractivity contribution in [3.63, 3.8) is 0 Å². The Kier molecular flexibility index (Phi) is 9.78. The number of carbonyl (C=O) groups excluding carboxylic acids is 3. The fraction of sp³-hybridized carbons (Fsp3) is 0.400. The van der Waals surface area contributed by atoms with Gasteiger partial charge in [-0.2, -0.15) is 0 Å². The molecule has 10 nitrogen and oxygen atoms in total. The Labute approximate surface area is 209 Å². The summed E-state index contributed by atoms with van der Waals surface area (Å²) in [6, 6.07) is 16.3. The zero-order valence-corrected chi connectivity index (χ0v) is 21.1. The standard InChI is InChI=1S/C25H29O10P/c1-4-30-36(29,31-5-2)16-20-21(34-23(27)18-12-8-6-9-13-18)22(25(33-20)32-17(3)26)35-24(28)19-14-10-7-11-15-19/h6-15,20-22,25H,4-5,16H2,1-3H3/t20-,21+,22?,25-/m1/s1. The van der Waals surface area contributed by atoms with E-state index in [1.165, 1.54) is 0 Å². The summed E-state index contributed by atoms with van der Waals surface area (Å²) >= 11 is 0. The second-order valence-corrected chi connectivity index (χ2v) is 9.86. The monoisotopic (exact) mass is 520 g/mol. The van der Waals surface area contributed by atoms with E-state index >= 15 is 0 Å². The summed E-state index contributed by atoms with van der Waals surface area (Å²) < 4.78 is 46.4. The van der Waals surface area contributed by atoms with Gasteiger partial charge in [0.25, 0.3) is 0 Å². The number of hydrogen-bond donors (Lipinski definition) is 0. The highest BCUT2D eigenvalue weighted by molar-refractivity contribution is 7.53. The van der Waals surface area contributed by atoms with Crippen LogP contribution in [0.5, 0.6) is 0 Å². The summed E-state index contributed by atoms with van der Waals surface area (Å²) in [4.78, 5) is 37.6. The van der Waals surface area contributed by atoms with Crippen LogP contribution in [-0.2, 0) is 37.4 Å². The summed E-state index contributed by atoms with van der Waals surface area (Å²) in [5.41, 5.74) is 0.461. The predicted octanol–water partition coefficient (Wildman–Crippen LogP) is 3.99. The molecule has 2 aromatic carbocycles. The van der Waals surface area contributed by atoms with Crippen LogP contribution >= 0.6 is 7.60 Å². The Hall–Kier alpha value is -3.04. The van der Waals surface area contributed by atoms with Gasteiger partial charge in [-0.3, -0.25) is 9.36 Å². The minimum atomic E-state index is -3.70. The Morgan fingerprint density at radius 1 is 0.778 bits per heavy atom. The molecule has 4 atom stereocenters. The first kappa shape index (κ1) is 27.5. The van der Waals surface area contributed by atoms with Crippen molar-refractivity contribution in [2.45, 2.75) is 45.4 Å². The first-order chi connectivity index (χ1) is 17.3. The second-order valence-electron chi connectivity index (χ2n) is 7.75. The molecule has 194 valence electrons. The van der Waals surface area contributed by atoms with Gasteiger partial charge in [-0.25, -0.2) is 9.59 Å². The van der Waals surface area contributed by atoms with Crippen molar-refractivity contribution in [3.8, 4) is 0 Å². The van der Waals surface area contributed by atoms with Crippen LogP contribution in [0.4, 0.5) is 0 Å². The molecule has 1 aliphatic rings. The lowest BCUT2D eigenvalue weighted by Gasteiger charge is -2.25. The molecule has 1 saturated heterocycles. The van der Waals surface area contributed by atoms with E-state index in [1.807, 2.05) is 0 Å². The van der Waals surface area contributed by atoms with E-state index in [1.54, 1.807) is 74.5 Å². The van der Waals surface area contributed by atoms with Crippen molar-refractivity contribution in [3.05, 3.63) is 71.8 Å². The molecule has 0 amide bonds. The minimum Gasteiger partial charge on any atom is -0.452 e. The lowest BCUT2D eigenvalue weighted by Crippen LogP contribution is -2.42. The van der Waals surface area contributed by atoms with Crippen molar-refractivity contribution < 1.29 is 46.9 Å². The van der Waals surface area contributed by atoms with Gasteiger partial charge in [0.1, 0.15) is 6.10 Å². The molecule has 0 aliphatic carbocycles. The normalized spacial score (nSPS) is 21.5. The molecule has 1 heterocycles. The van der Waals surface area contributed by atoms with Gasteiger partial charge >= 0.3 is 25.5 Å². The maximum Gasteiger partial charge on any atom is 0.338 e. The summed E-state index contributed by atoms with van der Waals surface area (Å²) in [5.74, 6) is -2.20. The molecule has 11 heteroatoms. The topological polar surface area (TPSA) is 124 Å². The van der Waals surface area contributed by atoms with Crippen LogP contribution in [0.3, 0.4) is 0 Å². The first-order valence-electron chi connectivity index (χ1n) is 11.5. The van der Waals surface area contributed by atoms with Gasteiger partial charge < -0.3 is 28.0 Å². The number of carbonyl (C=O) groups is 3. The second kappa shape index (κ2) is 12.8. The number of esters is 3. The van der Waals surface area contributed by atoms with Crippen molar-refractivity contribution in [2.75, 3.05) is 19.4 Å². The van der Waals surface area contributed by atoms with Crippen molar-refractivity contribution >= 4 is 25.5 Å². The van der Waals surface area contributed by atoms with Gasteiger partial charge in [0, 0.05) is 6.92 Å². The molecule has 3 rings (SSSR count). The van der Waals surface area contributed by atoms with E-state index < -0.39 is 50.1 Å². The van der Waals surface area contributed by atoms with Gasteiger partial charge in [-0.1, -0.05) is 36.4 Å². The molecule has 0 spiro atoms. The van der Waals surface area contributed by atoms with Crippen molar-refractivity contribution in [2.24, 2.45) is 0 Å².